The zero-order valence-electron chi connectivity index (χ0n) is 42.9. The normalized spacial score (nSPS) is 17.9. The van der Waals surface area contributed by atoms with Gasteiger partial charge in [-0.3, -0.25) is 9.69 Å². The molecule has 2 aliphatic rings. The second-order valence-electron chi connectivity index (χ2n) is 18.8. The number of hydrogen-bond acceptors (Lipinski definition) is 15. The fraction of sp³-hybridized carbons (Fsp3) is 0.442. The average Bonchev–Trinajstić information content (AvgIpc) is 4.16. The number of aromatic nitrogens is 7. The summed E-state index contributed by atoms with van der Waals surface area (Å²) in [7, 11) is 1.48. The van der Waals surface area contributed by atoms with E-state index in [4.69, 9.17) is 30.4 Å². The number of nitrogens with zero attached hydrogens (tertiary/aromatic N) is 10. The Bertz CT molecular complexity index is 2900. The molecule has 5 N–H and O–H groups in total. The molecule has 2 fully saturated rings. The van der Waals surface area contributed by atoms with Crippen LogP contribution in [0.3, 0.4) is 0 Å². The molecule has 8 rings (SSSR count). The molecule has 3 aromatic carbocycles. The molecule has 0 aliphatic carbocycles. The molecular weight excluding hydrogens is 1030 g/mol. The quantitative estimate of drug-likeness (QED) is 0.0694. The van der Waals surface area contributed by atoms with Gasteiger partial charge in [0.1, 0.15) is 54.3 Å². The SMILES string of the molecule is CC[C@@H]([C@H](C)O)n1ncn(-c2ccc(N3CCN(c4ccc(OC[C@@H]5CO[C@@](Cn6c[n+](C(C)OC(=O)N(C)c7ncccc7COC(=O)[C@@H](N)CCCN)cn6)(c6ccc(F)cc6F)C5)cc4)CC3)cc2)c1=O.Cl.[Cl-]. The number of halogens is 4. The third kappa shape index (κ3) is 13.6. The van der Waals surface area contributed by atoms with Gasteiger partial charge in [0.2, 0.25) is 12.6 Å². The number of anilines is 3. The standard InChI is InChI=1S/C52H65F2N12O8.2ClH/c1-5-47(35(2)67)66-50(69)65(33-59-66)42-13-11-40(12-14-42)61-22-24-62(25-23-61)41-15-17-43(18-16-41)71-28-37-27-52(73-29-37,44-19-10-39(53)26-45(44)54)31-64-34-63(32-58-64)36(3)74-51(70)60(4)48-38(8-7-21-57-48)30-72-49(68)46(56)9-6-20-55;;/h7-8,10-19,21,26,32-37,46-47,67H,5-6,9,20,22-25,27-31,55-56H2,1-4H3;2*1H/q+1;;/p-1/t35-,36?,37+,46-,47-,52-;;/m0../s1. The molecule has 3 aromatic heterocycles. The number of aliphatic hydroxyl groups excluding tert-OH is 1. The van der Waals surface area contributed by atoms with Crippen molar-refractivity contribution in [2.45, 2.75) is 89.6 Å². The Labute approximate surface area is 451 Å². The van der Waals surface area contributed by atoms with Gasteiger partial charge in [0.25, 0.3) is 6.33 Å². The summed E-state index contributed by atoms with van der Waals surface area (Å²) < 4.78 is 59.7. The van der Waals surface area contributed by atoms with Crippen molar-refractivity contribution in [2.24, 2.45) is 17.4 Å². The van der Waals surface area contributed by atoms with Gasteiger partial charge in [-0.1, -0.05) is 19.1 Å². The Hall–Kier alpha value is -6.69. The Balaban J connectivity index is 0.00000469. The zero-order chi connectivity index (χ0) is 52.5. The second-order valence-corrected chi connectivity index (χ2v) is 18.8. The molecule has 24 heteroatoms. The molecule has 6 aromatic rings. The highest BCUT2D eigenvalue weighted by atomic mass is 35.5. The van der Waals surface area contributed by atoms with Crippen molar-refractivity contribution in [1.82, 2.24) is 29.1 Å². The summed E-state index contributed by atoms with van der Waals surface area (Å²) in [5.41, 5.74) is 13.4. The van der Waals surface area contributed by atoms with Crippen LogP contribution in [0.4, 0.5) is 30.8 Å². The smallest absolute Gasteiger partial charge is 0.418 e. The molecule has 0 saturated carbocycles. The first kappa shape index (κ1) is 58.6. The van der Waals surface area contributed by atoms with E-state index in [9.17, 15) is 23.9 Å². The highest BCUT2D eigenvalue weighted by Gasteiger charge is 2.46. The monoisotopic (exact) mass is 1090 g/mol. The van der Waals surface area contributed by atoms with Gasteiger partial charge in [0.15, 0.2) is 0 Å². The van der Waals surface area contributed by atoms with Crippen LogP contribution in [-0.4, -0.2) is 111 Å². The number of pyridine rings is 1. The molecule has 0 spiro atoms. The Morgan fingerprint density at radius 2 is 1.66 bits per heavy atom. The number of carbonyl (C=O) groups is 2. The maximum absolute atomic E-state index is 15.6. The van der Waals surface area contributed by atoms with Crippen molar-refractivity contribution >= 4 is 41.7 Å². The fourth-order valence-corrected chi connectivity index (χ4v) is 9.46. The van der Waals surface area contributed by atoms with E-state index >= 15 is 4.39 Å². The maximum Gasteiger partial charge on any atom is 0.418 e. The molecule has 410 valence electrons. The highest BCUT2D eigenvalue weighted by Crippen LogP contribution is 2.42. The number of benzene rings is 3. The molecule has 2 saturated heterocycles. The molecular formula is C52H66Cl2F2N12O8. The number of hydrogen-bond donors (Lipinski definition) is 3. The first-order chi connectivity index (χ1) is 35.7. The van der Waals surface area contributed by atoms with Crippen LogP contribution in [-0.2, 0) is 37.8 Å². The zero-order valence-corrected chi connectivity index (χ0v) is 44.4. The summed E-state index contributed by atoms with van der Waals surface area (Å²) in [5.74, 6) is -1.32. The van der Waals surface area contributed by atoms with Gasteiger partial charge in [-0.2, -0.15) is 9.67 Å². The Kier molecular flexibility index (Phi) is 20.3. The van der Waals surface area contributed by atoms with E-state index in [0.717, 1.165) is 43.6 Å². The number of carbonyl (C=O) groups excluding carboxylic acids is 2. The first-order valence-corrected chi connectivity index (χ1v) is 24.9. The Morgan fingerprint density at radius 3 is 2.30 bits per heavy atom. The molecule has 0 radical (unpaired) electrons. The van der Waals surface area contributed by atoms with Crippen molar-refractivity contribution in [3.05, 3.63) is 137 Å². The first-order valence-electron chi connectivity index (χ1n) is 24.9. The fourth-order valence-electron chi connectivity index (χ4n) is 9.46. The average molecular weight is 1100 g/mol. The lowest BCUT2D eigenvalue weighted by Gasteiger charge is -2.37. The topological polar surface area (TPSA) is 227 Å². The van der Waals surface area contributed by atoms with E-state index in [-0.39, 0.29) is 74.2 Å². The number of nitrogens with two attached hydrogens (primary N) is 2. The van der Waals surface area contributed by atoms with E-state index in [1.54, 1.807) is 41.6 Å². The van der Waals surface area contributed by atoms with Crippen LogP contribution in [0.1, 0.15) is 69.9 Å². The molecule has 20 nitrogen and oxygen atoms in total. The van der Waals surface area contributed by atoms with Crippen LogP contribution in [0.2, 0.25) is 0 Å². The summed E-state index contributed by atoms with van der Waals surface area (Å²) in [6.45, 7) is 9.22. The van der Waals surface area contributed by atoms with Crippen LogP contribution in [0, 0.1) is 17.6 Å². The minimum absolute atomic E-state index is 0. The number of piperazine rings is 1. The van der Waals surface area contributed by atoms with Crippen molar-refractivity contribution < 1.29 is 59.4 Å². The summed E-state index contributed by atoms with van der Waals surface area (Å²) >= 11 is 0. The van der Waals surface area contributed by atoms with Gasteiger partial charge >= 0.3 is 17.8 Å². The van der Waals surface area contributed by atoms with Gasteiger partial charge in [-0.05, 0) is 99.8 Å². The minimum atomic E-state index is -1.24. The van der Waals surface area contributed by atoms with Gasteiger partial charge in [-0.25, -0.2) is 32.6 Å². The lowest BCUT2D eigenvalue weighted by Crippen LogP contribution is -3.00. The van der Waals surface area contributed by atoms with E-state index in [1.165, 1.54) is 52.2 Å². The highest BCUT2D eigenvalue weighted by molar-refractivity contribution is 5.86. The molecule has 1 unspecified atom stereocenters. The number of rotatable bonds is 21. The molecule has 0 bridgehead atoms. The van der Waals surface area contributed by atoms with E-state index in [0.29, 0.717) is 49.2 Å². The molecule has 1 amide bonds. The lowest BCUT2D eigenvalue weighted by molar-refractivity contribution is -0.753. The van der Waals surface area contributed by atoms with E-state index in [1.807, 2.05) is 55.5 Å². The predicted octanol–water partition coefficient (Wildman–Crippen LogP) is 2.19. The lowest BCUT2D eigenvalue weighted by atomic mass is 9.87. The largest absolute Gasteiger partial charge is 1.00 e. The summed E-state index contributed by atoms with van der Waals surface area (Å²) in [6.07, 6.45) is 5.65. The van der Waals surface area contributed by atoms with Crippen LogP contribution < -0.4 is 53.6 Å². The van der Waals surface area contributed by atoms with Crippen molar-refractivity contribution in [2.75, 3.05) is 67.7 Å². The van der Waals surface area contributed by atoms with Crippen LogP contribution in [0.15, 0.2) is 109 Å². The molecule has 5 heterocycles. The van der Waals surface area contributed by atoms with E-state index < -0.39 is 53.7 Å². The van der Waals surface area contributed by atoms with Crippen molar-refractivity contribution in [3.63, 3.8) is 0 Å². The van der Waals surface area contributed by atoms with Gasteiger partial charge in [0, 0.05) is 85.9 Å². The molecule has 2 aliphatic heterocycles. The van der Waals surface area contributed by atoms with E-state index in [2.05, 4.69) is 25.0 Å². The van der Waals surface area contributed by atoms with Gasteiger partial charge in [-0.15, -0.1) is 17.1 Å². The van der Waals surface area contributed by atoms with Gasteiger partial charge in [0.05, 0.1) is 31.0 Å². The van der Waals surface area contributed by atoms with Crippen molar-refractivity contribution in [3.8, 4) is 11.4 Å². The predicted molar refractivity (Wildman–Crippen MR) is 277 cm³/mol. The van der Waals surface area contributed by atoms with Crippen LogP contribution in [0.5, 0.6) is 5.75 Å². The third-order valence-electron chi connectivity index (χ3n) is 13.6. The minimum Gasteiger partial charge on any atom is -1.00 e. The van der Waals surface area contributed by atoms with Crippen LogP contribution >= 0.6 is 12.4 Å². The van der Waals surface area contributed by atoms with Crippen molar-refractivity contribution in [1.29, 1.82) is 0 Å². The second kappa shape index (κ2) is 26.4. The van der Waals surface area contributed by atoms with Crippen LogP contribution in [0.25, 0.3) is 5.69 Å². The maximum atomic E-state index is 15.6. The van der Waals surface area contributed by atoms with Gasteiger partial charge < -0.3 is 57.7 Å². The summed E-state index contributed by atoms with van der Waals surface area (Å²) in [5, 5.41) is 18.9. The molecule has 6 atom stereocenters. The Morgan fingerprint density at radius 1 is 0.987 bits per heavy atom. The molecule has 76 heavy (non-hydrogen) atoms. The third-order valence-corrected chi connectivity index (χ3v) is 13.6. The summed E-state index contributed by atoms with van der Waals surface area (Å²) in [6, 6.07) is 21.3. The number of amides is 1. The number of aliphatic hydroxyl groups is 1. The number of ether oxygens (including phenoxy) is 4. The summed E-state index contributed by atoms with van der Waals surface area (Å²) in [4.78, 5) is 49.1. The number of esters is 1.